The molecule has 0 bridgehead atoms. The van der Waals surface area contributed by atoms with Crippen LogP contribution in [0.2, 0.25) is 0 Å². The zero-order valence-corrected chi connectivity index (χ0v) is 19.4. The van der Waals surface area contributed by atoms with Crippen LogP contribution in [-0.4, -0.2) is 22.0 Å². The van der Waals surface area contributed by atoms with E-state index in [2.05, 4.69) is 65.9 Å². The number of hydrogen-bond donors (Lipinski definition) is 0. The summed E-state index contributed by atoms with van der Waals surface area (Å²) in [4.78, 5) is 15.5. The fourth-order valence-electron chi connectivity index (χ4n) is 4.85. The first-order chi connectivity index (χ1) is 16.6. The summed E-state index contributed by atoms with van der Waals surface area (Å²) in [6.45, 7) is 7.02. The van der Waals surface area contributed by atoms with Crippen LogP contribution >= 0.6 is 0 Å². The number of carbonyl (C=O) groups is 1. The third-order valence-electron chi connectivity index (χ3n) is 6.66. The average Bonchev–Trinajstić information content (AvgIpc) is 3.38. The molecule has 3 heterocycles. The van der Waals surface area contributed by atoms with E-state index in [9.17, 15) is 4.79 Å². The monoisotopic (exact) mass is 450 g/mol. The van der Waals surface area contributed by atoms with Gasteiger partial charge in [-0.1, -0.05) is 48.0 Å². The lowest BCUT2D eigenvalue weighted by molar-refractivity contribution is 0.0873. The maximum Gasteiger partial charge on any atom is 0.231 e. The molecule has 5 nitrogen and oxygen atoms in total. The van der Waals surface area contributed by atoms with Gasteiger partial charge in [-0.15, -0.1) is 0 Å². The molecule has 0 saturated heterocycles. The number of allylic oxidation sites excluding steroid dienone is 1. The first-order valence-corrected chi connectivity index (χ1v) is 11.7. The number of nitrogens with zero attached hydrogens (tertiary/aromatic N) is 2. The minimum Gasteiger partial charge on any atom is -0.478 e. The minimum atomic E-state index is -0.0817. The smallest absolute Gasteiger partial charge is 0.231 e. The lowest BCUT2D eigenvalue weighted by atomic mass is 10.0. The average molecular weight is 451 g/mol. The van der Waals surface area contributed by atoms with Gasteiger partial charge in [0.2, 0.25) is 5.78 Å². The second kappa shape index (κ2) is 8.19. The minimum absolute atomic E-state index is 0.0817. The maximum atomic E-state index is 13.2. The number of aromatic nitrogens is 1. The predicted octanol–water partition coefficient (Wildman–Crippen LogP) is 5.94. The molecular formula is C29H26N2O3. The van der Waals surface area contributed by atoms with Crippen LogP contribution in [0, 0.1) is 6.92 Å². The van der Waals surface area contributed by atoms with Crippen molar-refractivity contribution in [1.82, 2.24) is 9.47 Å². The van der Waals surface area contributed by atoms with E-state index in [-0.39, 0.29) is 5.78 Å². The van der Waals surface area contributed by atoms with Gasteiger partial charge < -0.3 is 14.0 Å². The Hall–Kier alpha value is -3.83. The Morgan fingerprint density at radius 2 is 1.85 bits per heavy atom. The van der Waals surface area contributed by atoms with Crippen molar-refractivity contribution in [3.63, 3.8) is 0 Å². The molecule has 0 aliphatic carbocycles. The van der Waals surface area contributed by atoms with E-state index in [0.717, 1.165) is 40.9 Å². The normalized spacial score (nSPS) is 16.4. The number of benzene rings is 3. The molecule has 1 aromatic heterocycles. The Morgan fingerprint density at radius 1 is 1.03 bits per heavy atom. The number of aryl methyl sites for hydroxylation is 2. The number of fused-ring (bicyclic) bond motifs is 4. The molecule has 2 aliphatic rings. The summed E-state index contributed by atoms with van der Waals surface area (Å²) in [6, 6.07) is 20.5. The Morgan fingerprint density at radius 3 is 2.68 bits per heavy atom. The molecule has 0 amide bonds. The predicted molar refractivity (Wildman–Crippen MR) is 133 cm³/mol. The highest BCUT2D eigenvalue weighted by molar-refractivity contribution is 6.15. The SMILES string of the molecule is CCn1cc(/C=C2\Oc3c(ccc4c3CN(Cc3ccc(C)cc3)CO4)C2=O)c2ccccc21. The van der Waals surface area contributed by atoms with Gasteiger partial charge in [-0.3, -0.25) is 9.69 Å². The lowest BCUT2D eigenvalue weighted by Gasteiger charge is -2.29. The third-order valence-corrected chi connectivity index (χ3v) is 6.66. The van der Waals surface area contributed by atoms with Crippen molar-refractivity contribution in [2.45, 2.75) is 33.5 Å². The first-order valence-electron chi connectivity index (χ1n) is 11.7. The van der Waals surface area contributed by atoms with Gasteiger partial charge in [-0.25, -0.2) is 0 Å². The molecular weight excluding hydrogens is 424 g/mol. The molecule has 2 aliphatic heterocycles. The van der Waals surface area contributed by atoms with Crippen molar-refractivity contribution < 1.29 is 14.3 Å². The standard InChI is InChI=1S/C29H26N2O3/c1-3-31-16-21(22-6-4-5-7-25(22)31)14-27-28(32)23-12-13-26-24(29(23)34-27)17-30(18-33-26)15-20-10-8-19(2)9-11-20/h4-14,16H,3,15,17-18H2,1-2H3/b27-14-. The number of carbonyl (C=O) groups excluding carboxylic acids is 1. The molecule has 0 N–H and O–H groups in total. The second-order valence-electron chi connectivity index (χ2n) is 8.99. The van der Waals surface area contributed by atoms with Gasteiger partial charge in [-0.05, 0) is 43.7 Å². The summed E-state index contributed by atoms with van der Waals surface area (Å²) in [7, 11) is 0. The van der Waals surface area contributed by atoms with Crippen LogP contribution in [0.4, 0.5) is 0 Å². The van der Waals surface area contributed by atoms with E-state index in [0.29, 0.717) is 30.3 Å². The van der Waals surface area contributed by atoms with Crippen LogP contribution in [0.3, 0.4) is 0 Å². The largest absolute Gasteiger partial charge is 0.478 e. The summed E-state index contributed by atoms with van der Waals surface area (Å²) in [5, 5.41) is 1.11. The number of para-hydroxylation sites is 1. The van der Waals surface area contributed by atoms with Gasteiger partial charge in [0, 0.05) is 42.3 Å². The summed E-state index contributed by atoms with van der Waals surface area (Å²) < 4.78 is 14.4. The fraction of sp³-hybridized carbons (Fsp3) is 0.207. The molecule has 0 radical (unpaired) electrons. The molecule has 4 aromatic rings. The highest BCUT2D eigenvalue weighted by Crippen LogP contribution is 2.42. The molecule has 0 spiro atoms. The molecule has 3 aromatic carbocycles. The lowest BCUT2D eigenvalue weighted by Crippen LogP contribution is -2.31. The zero-order chi connectivity index (χ0) is 23.2. The van der Waals surface area contributed by atoms with Gasteiger partial charge in [0.25, 0.3) is 0 Å². The van der Waals surface area contributed by atoms with Crippen molar-refractivity contribution >= 4 is 22.8 Å². The fourth-order valence-corrected chi connectivity index (χ4v) is 4.85. The Bertz CT molecular complexity index is 1450. The summed E-state index contributed by atoms with van der Waals surface area (Å²) >= 11 is 0. The van der Waals surface area contributed by atoms with Crippen molar-refractivity contribution in [3.8, 4) is 11.5 Å². The van der Waals surface area contributed by atoms with E-state index < -0.39 is 0 Å². The third kappa shape index (κ3) is 3.49. The summed E-state index contributed by atoms with van der Waals surface area (Å²) in [5.41, 5.74) is 6.15. The van der Waals surface area contributed by atoms with Gasteiger partial charge in [0.15, 0.2) is 5.76 Å². The van der Waals surface area contributed by atoms with Gasteiger partial charge in [0.05, 0.1) is 11.1 Å². The number of rotatable bonds is 4. The molecule has 34 heavy (non-hydrogen) atoms. The van der Waals surface area contributed by atoms with Crippen LogP contribution in [-0.2, 0) is 19.6 Å². The van der Waals surface area contributed by atoms with E-state index in [4.69, 9.17) is 9.47 Å². The molecule has 0 unspecified atom stereocenters. The number of hydrogen-bond acceptors (Lipinski definition) is 4. The van der Waals surface area contributed by atoms with Crippen molar-refractivity contribution in [1.29, 1.82) is 0 Å². The van der Waals surface area contributed by atoms with E-state index in [1.165, 1.54) is 11.1 Å². The van der Waals surface area contributed by atoms with Crippen molar-refractivity contribution in [2.24, 2.45) is 0 Å². The van der Waals surface area contributed by atoms with Crippen LogP contribution in [0.25, 0.3) is 17.0 Å². The van der Waals surface area contributed by atoms with E-state index >= 15 is 0 Å². The second-order valence-corrected chi connectivity index (χ2v) is 8.99. The Balaban J connectivity index is 1.32. The van der Waals surface area contributed by atoms with Crippen molar-refractivity contribution in [3.05, 3.63) is 100 Å². The summed E-state index contributed by atoms with van der Waals surface area (Å²) in [6.07, 6.45) is 3.95. The topological polar surface area (TPSA) is 43.7 Å². The van der Waals surface area contributed by atoms with Crippen molar-refractivity contribution in [2.75, 3.05) is 6.73 Å². The van der Waals surface area contributed by atoms with Crippen LogP contribution in [0.1, 0.15) is 39.5 Å². The van der Waals surface area contributed by atoms with Gasteiger partial charge in [0.1, 0.15) is 18.2 Å². The Kier molecular flexibility index (Phi) is 5.00. The molecule has 0 atom stereocenters. The zero-order valence-electron chi connectivity index (χ0n) is 19.4. The molecule has 170 valence electrons. The molecule has 6 rings (SSSR count). The molecule has 0 fully saturated rings. The van der Waals surface area contributed by atoms with E-state index in [1.807, 2.05) is 30.3 Å². The molecule has 0 saturated carbocycles. The first kappa shape index (κ1) is 20.8. The quantitative estimate of drug-likeness (QED) is 0.361. The maximum absolute atomic E-state index is 13.2. The van der Waals surface area contributed by atoms with Crippen LogP contribution in [0.5, 0.6) is 11.5 Å². The highest BCUT2D eigenvalue weighted by atomic mass is 16.5. The van der Waals surface area contributed by atoms with E-state index in [1.54, 1.807) is 0 Å². The summed E-state index contributed by atoms with van der Waals surface area (Å²) in [5.74, 6) is 1.69. The van der Waals surface area contributed by atoms with Crippen LogP contribution in [0.15, 0.2) is 72.6 Å². The van der Waals surface area contributed by atoms with Crippen LogP contribution < -0.4 is 9.47 Å². The number of Topliss-reactive ketones (excluding diaryl/α,β-unsaturated/α-hetero) is 1. The van der Waals surface area contributed by atoms with Gasteiger partial charge in [-0.2, -0.15) is 0 Å². The number of ether oxygens (including phenoxy) is 2. The molecule has 5 heteroatoms. The van der Waals surface area contributed by atoms with Gasteiger partial charge >= 0.3 is 0 Å². The highest BCUT2D eigenvalue weighted by Gasteiger charge is 2.33. The Labute approximate surface area is 198 Å². The number of ketones is 1.